The topological polar surface area (TPSA) is 69.8 Å². The van der Waals surface area contributed by atoms with E-state index in [-0.39, 0.29) is 0 Å². The zero-order valence-corrected chi connectivity index (χ0v) is 12.6. The first-order valence-corrected chi connectivity index (χ1v) is 7.37. The van der Waals surface area contributed by atoms with Crippen LogP contribution in [0.25, 0.3) is 5.65 Å². The van der Waals surface area contributed by atoms with Crippen molar-refractivity contribution in [1.29, 1.82) is 0 Å². The Bertz CT molecular complexity index is 564. The summed E-state index contributed by atoms with van der Waals surface area (Å²) in [6.45, 7) is 8.43. The number of anilines is 1. The summed E-state index contributed by atoms with van der Waals surface area (Å²) in [7, 11) is 0. The second kappa shape index (κ2) is 5.57. The fourth-order valence-electron chi connectivity index (χ4n) is 2.47. The summed E-state index contributed by atoms with van der Waals surface area (Å²) in [6, 6.07) is 1.86. The molecule has 114 valence electrons. The normalized spacial score (nSPS) is 17.6. The monoisotopic (exact) mass is 290 g/mol. The minimum Gasteiger partial charge on any atom is -0.390 e. The van der Waals surface area contributed by atoms with Gasteiger partial charge < -0.3 is 10.0 Å². The number of aliphatic hydroxyl groups is 1. The molecule has 0 amide bonds. The van der Waals surface area contributed by atoms with Gasteiger partial charge in [-0.2, -0.15) is 4.98 Å². The molecule has 0 atom stereocenters. The number of hydrogen-bond donors (Lipinski definition) is 1. The van der Waals surface area contributed by atoms with Crippen LogP contribution in [0.4, 0.5) is 5.95 Å². The summed E-state index contributed by atoms with van der Waals surface area (Å²) in [6.07, 6.45) is 4.19. The van der Waals surface area contributed by atoms with E-state index in [1.54, 1.807) is 17.0 Å². The minimum absolute atomic E-state index is 0.590. The van der Waals surface area contributed by atoms with Gasteiger partial charge in [0, 0.05) is 45.0 Å². The van der Waals surface area contributed by atoms with Crippen LogP contribution in [-0.2, 0) is 0 Å². The Hall–Kier alpha value is -1.73. The summed E-state index contributed by atoms with van der Waals surface area (Å²) >= 11 is 0. The largest absolute Gasteiger partial charge is 0.390 e. The maximum atomic E-state index is 9.79. The van der Waals surface area contributed by atoms with Gasteiger partial charge in [-0.05, 0) is 20.3 Å². The van der Waals surface area contributed by atoms with Crippen LogP contribution in [-0.4, -0.2) is 67.9 Å². The lowest BCUT2D eigenvalue weighted by atomic mass is 10.1. The lowest BCUT2D eigenvalue weighted by molar-refractivity contribution is 0.0568. The Kier molecular flexibility index (Phi) is 3.77. The average molecular weight is 290 g/mol. The Morgan fingerprint density at radius 2 is 2.00 bits per heavy atom. The highest BCUT2D eigenvalue weighted by molar-refractivity contribution is 5.43. The van der Waals surface area contributed by atoms with Crippen molar-refractivity contribution in [2.24, 2.45) is 0 Å². The Balaban J connectivity index is 1.58. The van der Waals surface area contributed by atoms with Crippen molar-refractivity contribution in [2.75, 3.05) is 37.6 Å². The van der Waals surface area contributed by atoms with Crippen LogP contribution in [0.5, 0.6) is 0 Å². The summed E-state index contributed by atoms with van der Waals surface area (Å²) in [5, 5.41) is 14.3. The Labute approximate surface area is 124 Å². The molecule has 1 aliphatic heterocycles. The molecule has 1 saturated heterocycles. The molecule has 21 heavy (non-hydrogen) atoms. The molecule has 7 heteroatoms. The van der Waals surface area contributed by atoms with Crippen LogP contribution >= 0.6 is 0 Å². The second-order valence-electron chi connectivity index (χ2n) is 6.19. The molecule has 3 rings (SSSR count). The van der Waals surface area contributed by atoms with Crippen LogP contribution in [0.2, 0.25) is 0 Å². The highest BCUT2D eigenvalue weighted by Crippen LogP contribution is 2.14. The van der Waals surface area contributed by atoms with Gasteiger partial charge in [-0.15, -0.1) is 5.10 Å². The van der Waals surface area contributed by atoms with Gasteiger partial charge in [0.2, 0.25) is 5.95 Å². The van der Waals surface area contributed by atoms with Gasteiger partial charge in [0.25, 0.3) is 0 Å². The molecule has 0 radical (unpaired) electrons. The molecule has 7 nitrogen and oxygen atoms in total. The van der Waals surface area contributed by atoms with Gasteiger partial charge >= 0.3 is 0 Å². The molecule has 0 aliphatic carbocycles. The molecule has 0 aromatic carbocycles. The summed E-state index contributed by atoms with van der Waals surface area (Å²) in [5.41, 5.74) is 0.234. The van der Waals surface area contributed by atoms with Gasteiger partial charge in [-0.1, -0.05) is 0 Å². The first-order valence-electron chi connectivity index (χ1n) is 7.37. The van der Waals surface area contributed by atoms with Gasteiger partial charge in [-0.3, -0.25) is 4.90 Å². The van der Waals surface area contributed by atoms with E-state index in [1.807, 2.05) is 19.9 Å². The van der Waals surface area contributed by atoms with Crippen LogP contribution in [0.1, 0.15) is 20.3 Å². The summed E-state index contributed by atoms with van der Waals surface area (Å²) in [4.78, 5) is 13.1. The number of rotatable bonds is 4. The molecule has 2 aromatic heterocycles. The first-order chi connectivity index (χ1) is 10.0. The maximum Gasteiger partial charge on any atom is 0.245 e. The summed E-state index contributed by atoms with van der Waals surface area (Å²) in [5.74, 6) is 0.769. The molecule has 0 spiro atoms. The van der Waals surface area contributed by atoms with E-state index < -0.39 is 5.60 Å². The molecule has 0 bridgehead atoms. The number of hydrogen-bond acceptors (Lipinski definition) is 6. The molecular formula is C14H22N6O. The van der Waals surface area contributed by atoms with Gasteiger partial charge in [-0.25, -0.2) is 9.50 Å². The third-order valence-electron chi connectivity index (χ3n) is 3.83. The third kappa shape index (κ3) is 3.48. The SMILES string of the molecule is CC(C)(O)CCN1CCN(c2nc3ccncn3n2)CC1. The predicted octanol–water partition coefficient (Wildman–Crippen LogP) is 0.407. The van der Waals surface area contributed by atoms with Crippen molar-refractivity contribution in [3.8, 4) is 0 Å². The molecule has 0 unspecified atom stereocenters. The predicted molar refractivity (Wildman–Crippen MR) is 80.3 cm³/mol. The quantitative estimate of drug-likeness (QED) is 0.879. The Morgan fingerprint density at radius 1 is 1.24 bits per heavy atom. The number of piperazine rings is 1. The van der Waals surface area contributed by atoms with Crippen LogP contribution < -0.4 is 4.90 Å². The number of fused-ring (bicyclic) bond motifs is 1. The van der Waals surface area contributed by atoms with Crippen molar-refractivity contribution in [1.82, 2.24) is 24.5 Å². The summed E-state index contributed by atoms with van der Waals surface area (Å²) < 4.78 is 1.70. The smallest absolute Gasteiger partial charge is 0.245 e. The average Bonchev–Trinajstić information content (AvgIpc) is 2.89. The maximum absolute atomic E-state index is 9.79. The fraction of sp³-hybridized carbons (Fsp3) is 0.643. The van der Waals surface area contributed by atoms with Crippen LogP contribution in [0.15, 0.2) is 18.6 Å². The second-order valence-corrected chi connectivity index (χ2v) is 6.19. The van der Waals surface area contributed by atoms with Gasteiger partial charge in [0.05, 0.1) is 5.60 Å². The standard InChI is InChI=1S/C14H22N6O/c1-14(2,21)4-6-18-7-9-19(10-8-18)13-16-12-3-5-15-11-20(12)17-13/h3,5,11,21H,4,6-10H2,1-2H3. The Morgan fingerprint density at radius 3 is 2.67 bits per heavy atom. The number of aromatic nitrogens is 4. The van der Waals surface area contributed by atoms with Crippen molar-refractivity contribution in [3.05, 3.63) is 18.6 Å². The minimum atomic E-state index is -0.590. The van der Waals surface area contributed by atoms with E-state index in [2.05, 4.69) is 24.9 Å². The zero-order valence-electron chi connectivity index (χ0n) is 12.6. The molecule has 1 N–H and O–H groups in total. The fourth-order valence-corrected chi connectivity index (χ4v) is 2.47. The number of nitrogens with zero attached hydrogens (tertiary/aromatic N) is 6. The molecule has 1 aliphatic rings. The lowest BCUT2D eigenvalue weighted by Crippen LogP contribution is -2.47. The van der Waals surface area contributed by atoms with Crippen molar-refractivity contribution in [2.45, 2.75) is 25.9 Å². The molecule has 3 heterocycles. The van der Waals surface area contributed by atoms with E-state index in [4.69, 9.17) is 0 Å². The lowest BCUT2D eigenvalue weighted by Gasteiger charge is -2.35. The highest BCUT2D eigenvalue weighted by atomic mass is 16.3. The molecule has 2 aromatic rings. The molecular weight excluding hydrogens is 268 g/mol. The van der Waals surface area contributed by atoms with E-state index >= 15 is 0 Å². The van der Waals surface area contributed by atoms with Crippen LogP contribution in [0.3, 0.4) is 0 Å². The third-order valence-corrected chi connectivity index (χ3v) is 3.83. The van der Waals surface area contributed by atoms with Gasteiger partial charge in [0.1, 0.15) is 6.33 Å². The first kappa shape index (κ1) is 14.2. The van der Waals surface area contributed by atoms with Crippen LogP contribution in [0, 0.1) is 0 Å². The highest BCUT2D eigenvalue weighted by Gasteiger charge is 2.22. The van der Waals surface area contributed by atoms with E-state index in [1.165, 1.54) is 0 Å². The zero-order chi connectivity index (χ0) is 14.9. The molecule has 0 saturated carbocycles. The van der Waals surface area contributed by atoms with E-state index in [0.29, 0.717) is 0 Å². The van der Waals surface area contributed by atoms with Crippen molar-refractivity contribution in [3.63, 3.8) is 0 Å². The van der Waals surface area contributed by atoms with Crippen molar-refractivity contribution < 1.29 is 5.11 Å². The van der Waals surface area contributed by atoms with Crippen molar-refractivity contribution >= 4 is 11.6 Å². The van der Waals surface area contributed by atoms with E-state index in [9.17, 15) is 5.11 Å². The molecule has 1 fully saturated rings. The van der Waals surface area contributed by atoms with Gasteiger partial charge in [0.15, 0.2) is 5.65 Å². The van der Waals surface area contributed by atoms with E-state index in [0.717, 1.165) is 50.7 Å².